The third-order valence-electron chi connectivity index (χ3n) is 2.46. The van der Waals surface area contributed by atoms with Crippen molar-refractivity contribution in [3.05, 3.63) is 42.0 Å². The third-order valence-corrected chi connectivity index (χ3v) is 2.46. The fourth-order valence-corrected chi connectivity index (χ4v) is 1.62. The first-order valence-corrected chi connectivity index (χ1v) is 5.74. The van der Waals surface area contributed by atoms with Gasteiger partial charge in [-0.1, -0.05) is 6.07 Å². The third kappa shape index (κ3) is 3.00. The molecule has 2 rings (SSSR count). The second-order valence-corrected chi connectivity index (χ2v) is 3.86. The maximum atomic E-state index is 5.60. The van der Waals surface area contributed by atoms with Crippen LogP contribution >= 0.6 is 0 Å². The zero-order valence-electron chi connectivity index (χ0n) is 10.2. The van der Waals surface area contributed by atoms with Crippen molar-refractivity contribution in [2.45, 2.75) is 20.4 Å². The zero-order chi connectivity index (χ0) is 12.1. The van der Waals surface area contributed by atoms with Crippen LogP contribution in [0.1, 0.15) is 18.2 Å². The molecular formula is C13H17N3O. The van der Waals surface area contributed by atoms with Crippen molar-refractivity contribution in [1.82, 2.24) is 9.97 Å². The SMILES string of the molecule is CCOc1cc(C)ccc1NCc1cnc[nH]1. The molecule has 0 saturated heterocycles. The molecule has 0 aliphatic rings. The van der Waals surface area contributed by atoms with Crippen LogP contribution in [0.3, 0.4) is 0 Å². The zero-order valence-corrected chi connectivity index (χ0v) is 10.2. The summed E-state index contributed by atoms with van der Waals surface area (Å²) in [7, 11) is 0. The predicted octanol–water partition coefficient (Wildman–Crippen LogP) is 2.73. The number of hydrogen-bond acceptors (Lipinski definition) is 3. The lowest BCUT2D eigenvalue weighted by Gasteiger charge is -2.12. The van der Waals surface area contributed by atoms with E-state index in [0.29, 0.717) is 13.2 Å². The monoisotopic (exact) mass is 231 g/mol. The molecule has 90 valence electrons. The van der Waals surface area contributed by atoms with Gasteiger partial charge in [-0.25, -0.2) is 4.98 Å². The molecule has 0 saturated carbocycles. The van der Waals surface area contributed by atoms with Gasteiger partial charge in [0.1, 0.15) is 5.75 Å². The summed E-state index contributed by atoms with van der Waals surface area (Å²) in [4.78, 5) is 7.04. The van der Waals surface area contributed by atoms with Crippen LogP contribution in [-0.2, 0) is 6.54 Å². The van der Waals surface area contributed by atoms with Crippen LogP contribution in [0.15, 0.2) is 30.7 Å². The van der Waals surface area contributed by atoms with E-state index in [1.54, 1.807) is 6.33 Å². The first-order valence-electron chi connectivity index (χ1n) is 5.74. The van der Waals surface area contributed by atoms with Crippen molar-refractivity contribution < 1.29 is 4.74 Å². The minimum atomic E-state index is 0.669. The average Bonchev–Trinajstić information content (AvgIpc) is 2.81. The topological polar surface area (TPSA) is 49.9 Å². The molecule has 1 heterocycles. The van der Waals surface area contributed by atoms with E-state index in [9.17, 15) is 0 Å². The first-order chi connectivity index (χ1) is 8.29. The molecule has 4 nitrogen and oxygen atoms in total. The van der Waals surface area contributed by atoms with E-state index in [4.69, 9.17) is 4.74 Å². The quantitative estimate of drug-likeness (QED) is 0.831. The number of anilines is 1. The molecule has 1 aromatic carbocycles. The lowest BCUT2D eigenvalue weighted by Crippen LogP contribution is -2.03. The van der Waals surface area contributed by atoms with E-state index in [-0.39, 0.29) is 0 Å². The number of H-pyrrole nitrogens is 1. The highest BCUT2D eigenvalue weighted by Crippen LogP contribution is 2.26. The molecule has 4 heteroatoms. The molecule has 0 radical (unpaired) electrons. The lowest BCUT2D eigenvalue weighted by molar-refractivity contribution is 0.341. The molecule has 0 amide bonds. The second kappa shape index (κ2) is 5.39. The summed E-state index contributed by atoms with van der Waals surface area (Å²) in [6, 6.07) is 6.15. The fraction of sp³-hybridized carbons (Fsp3) is 0.308. The number of aromatic nitrogens is 2. The van der Waals surface area contributed by atoms with Gasteiger partial charge < -0.3 is 15.0 Å². The molecule has 0 spiro atoms. The van der Waals surface area contributed by atoms with Crippen molar-refractivity contribution in [2.24, 2.45) is 0 Å². The van der Waals surface area contributed by atoms with Crippen molar-refractivity contribution in [2.75, 3.05) is 11.9 Å². The summed E-state index contributed by atoms with van der Waals surface area (Å²) in [5.74, 6) is 0.895. The summed E-state index contributed by atoms with van der Waals surface area (Å²) in [5, 5.41) is 3.33. The Morgan fingerprint density at radius 1 is 1.41 bits per heavy atom. The Morgan fingerprint density at radius 2 is 2.29 bits per heavy atom. The van der Waals surface area contributed by atoms with Crippen LogP contribution in [0.5, 0.6) is 5.75 Å². The maximum absolute atomic E-state index is 5.60. The van der Waals surface area contributed by atoms with Gasteiger partial charge in [0.15, 0.2) is 0 Å². The molecule has 0 aliphatic heterocycles. The number of imidazole rings is 1. The summed E-state index contributed by atoms with van der Waals surface area (Å²) < 4.78 is 5.60. The van der Waals surface area contributed by atoms with Gasteiger partial charge in [0.2, 0.25) is 0 Å². The molecule has 0 atom stereocenters. The number of aromatic amines is 1. The summed E-state index contributed by atoms with van der Waals surface area (Å²) >= 11 is 0. The first kappa shape index (κ1) is 11.5. The number of nitrogens with zero attached hydrogens (tertiary/aromatic N) is 1. The Hall–Kier alpha value is -1.97. The second-order valence-electron chi connectivity index (χ2n) is 3.86. The van der Waals surface area contributed by atoms with Crippen molar-refractivity contribution in [1.29, 1.82) is 0 Å². The molecular weight excluding hydrogens is 214 g/mol. The van der Waals surface area contributed by atoms with E-state index < -0.39 is 0 Å². The van der Waals surface area contributed by atoms with Gasteiger partial charge in [0.05, 0.1) is 30.9 Å². The van der Waals surface area contributed by atoms with E-state index in [2.05, 4.69) is 28.3 Å². The maximum Gasteiger partial charge on any atom is 0.142 e. The Bertz CT molecular complexity index is 466. The van der Waals surface area contributed by atoms with Gasteiger partial charge in [0, 0.05) is 6.20 Å². The molecule has 2 aromatic rings. The van der Waals surface area contributed by atoms with Gasteiger partial charge in [0.25, 0.3) is 0 Å². The molecule has 0 bridgehead atoms. The van der Waals surface area contributed by atoms with Gasteiger partial charge in [-0.05, 0) is 31.5 Å². The molecule has 0 aliphatic carbocycles. The van der Waals surface area contributed by atoms with Gasteiger partial charge in [-0.15, -0.1) is 0 Å². The molecule has 17 heavy (non-hydrogen) atoms. The van der Waals surface area contributed by atoms with Crippen LogP contribution in [0.25, 0.3) is 0 Å². The number of aryl methyl sites for hydroxylation is 1. The molecule has 0 unspecified atom stereocenters. The highest BCUT2D eigenvalue weighted by molar-refractivity contribution is 5.57. The molecule has 0 fully saturated rings. The number of hydrogen-bond donors (Lipinski definition) is 2. The van der Waals surface area contributed by atoms with Gasteiger partial charge in [-0.2, -0.15) is 0 Å². The van der Waals surface area contributed by atoms with Crippen LogP contribution < -0.4 is 10.1 Å². The van der Waals surface area contributed by atoms with Gasteiger partial charge in [-0.3, -0.25) is 0 Å². The van der Waals surface area contributed by atoms with E-state index >= 15 is 0 Å². The standard InChI is InChI=1S/C13H17N3O/c1-3-17-13-6-10(2)4-5-12(13)15-8-11-7-14-9-16-11/h4-7,9,15H,3,8H2,1-2H3,(H,14,16). The Kier molecular flexibility index (Phi) is 3.65. The number of rotatable bonds is 5. The van der Waals surface area contributed by atoms with Crippen molar-refractivity contribution >= 4 is 5.69 Å². The van der Waals surface area contributed by atoms with E-state index in [1.165, 1.54) is 5.56 Å². The number of nitrogens with one attached hydrogen (secondary N) is 2. The lowest BCUT2D eigenvalue weighted by atomic mass is 10.2. The highest BCUT2D eigenvalue weighted by atomic mass is 16.5. The van der Waals surface area contributed by atoms with E-state index in [0.717, 1.165) is 17.1 Å². The van der Waals surface area contributed by atoms with Crippen molar-refractivity contribution in [3.63, 3.8) is 0 Å². The Labute approximate surface area is 101 Å². The minimum absolute atomic E-state index is 0.669. The molecule has 2 N–H and O–H groups in total. The number of ether oxygens (including phenoxy) is 1. The van der Waals surface area contributed by atoms with Crippen LogP contribution in [0, 0.1) is 6.92 Å². The largest absolute Gasteiger partial charge is 0.492 e. The van der Waals surface area contributed by atoms with Crippen LogP contribution in [0.4, 0.5) is 5.69 Å². The van der Waals surface area contributed by atoms with E-state index in [1.807, 2.05) is 25.3 Å². The van der Waals surface area contributed by atoms with Crippen molar-refractivity contribution in [3.8, 4) is 5.75 Å². The minimum Gasteiger partial charge on any atom is -0.492 e. The summed E-state index contributed by atoms with van der Waals surface area (Å²) in [5.41, 5.74) is 3.25. The number of benzene rings is 1. The van der Waals surface area contributed by atoms with Crippen LogP contribution in [0.2, 0.25) is 0 Å². The average molecular weight is 231 g/mol. The Balaban J connectivity index is 2.08. The normalized spacial score (nSPS) is 10.2. The van der Waals surface area contributed by atoms with Gasteiger partial charge >= 0.3 is 0 Å². The predicted molar refractivity (Wildman–Crippen MR) is 68.3 cm³/mol. The highest BCUT2D eigenvalue weighted by Gasteiger charge is 2.03. The fourth-order valence-electron chi connectivity index (χ4n) is 1.62. The summed E-state index contributed by atoms with van der Waals surface area (Å²) in [6.45, 7) is 5.42. The summed E-state index contributed by atoms with van der Waals surface area (Å²) in [6.07, 6.45) is 3.48. The smallest absolute Gasteiger partial charge is 0.142 e. The molecule has 1 aromatic heterocycles. The van der Waals surface area contributed by atoms with Crippen LogP contribution in [-0.4, -0.2) is 16.6 Å². The Morgan fingerprint density at radius 3 is 3.00 bits per heavy atom.